The second kappa shape index (κ2) is 4.47. The van der Waals surface area contributed by atoms with Crippen molar-refractivity contribution in [3.63, 3.8) is 0 Å². The topological polar surface area (TPSA) is 37.4 Å². The number of benzene rings is 1. The zero-order valence-electron chi connectivity index (χ0n) is 9.40. The molecule has 0 radical (unpaired) electrons. The lowest BCUT2D eigenvalue weighted by Crippen LogP contribution is -2.25. The average molecular weight is 217 g/mol. The van der Waals surface area contributed by atoms with Crippen LogP contribution in [0.3, 0.4) is 0 Å². The molecule has 1 aliphatic heterocycles. The minimum absolute atomic E-state index is 0.0268. The number of ketones is 1. The Morgan fingerprint density at radius 3 is 2.44 bits per heavy atom. The molecule has 16 heavy (non-hydrogen) atoms. The maximum absolute atomic E-state index is 11.5. The molecule has 0 saturated carbocycles. The van der Waals surface area contributed by atoms with Gasteiger partial charge in [-0.2, -0.15) is 0 Å². The largest absolute Gasteiger partial charge is 0.331 e. The van der Waals surface area contributed by atoms with Gasteiger partial charge in [0.15, 0.2) is 5.78 Å². The van der Waals surface area contributed by atoms with Crippen LogP contribution in [0.15, 0.2) is 24.3 Å². The van der Waals surface area contributed by atoms with Crippen molar-refractivity contribution < 1.29 is 9.59 Å². The summed E-state index contributed by atoms with van der Waals surface area (Å²) in [7, 11) is 0. The number of carbonyl (C=O) groups excluding carboxylic acids is 2. The Morgan fingerprint density at radius 2 is 1.88 bits per heavy atom. The lowest BCUT2D eigenvalue weighted by molar-refractivity contribution is -0.128. The predicted octanol–water partition coefficient (Wildman–Crippen LogP) is 1.55. The van der Waals surface area contributed by atoms with Gasteiger partial charge in [0.1, 0.15) is 0 Å². The van der Waals surface area contributed by atoms with Gasteiger partial charge in [-0.25, -0.2) is 0 Å². The molecule has 0 atom stereocenters. The first-order chi connectivity index (χ1) is 7.70. The van der Waals surface area contributed by atoms with Crippen LogP contribution in [0.5, 0.6) is 0 Å². The molecule has 0 unspecified atom stereocenters. The number of nitrogens with zero attached hydrogens (tertiary/aromatic N) is 1. The maximum Gasteiger partial charge on any atom is 0.230 e. The highest BCUT2D eigenvalue weighted by Gasteiger charge is 2.27. The van der Waals surface area contributed by atoms with Gasteiger partial charge in [-0.15, -0.1) is 0 Å². The fraction of sp³-hybridized carbons (Fsp3) is 0.385. The Labute approximate surface area is 95.1 Å². The third kappa shape index (κ3) is 2.13. The molecular formula is C13H15NO2. The fourth-order valence-electron chi connectivity index (χ4n) is 2.04. The molecule has 0 bridgehead atoms. The van der Waals surface area contributed by atoms with Crippen molar-refractivity contribution in [3.05, 3.63) is 35.4 Å². The van der Waals surface area contributed by atoms with Gasteiger partial charge in [-0.1, -0.05) is 31.2 Å². The molecule has 2 rings (SSSR count). The highest BCUT2D eigenvalue weighted by atomic mass is 16.2. The molecule has 84 valence electrons. The van der Waals surface area contributed by atoms with Crippen molar-refractivity contribution in [2.75, 3.05) is 6.54 Å². The Morgan fingerprint density at radius 1 is 1.19 bits per heavy atom. The highest BCUT2D eigenvalue weighted by Crippen LogP contribution is 2.16. The van der Waals surface area contributed by atoms with Gasteiger partial charge >= 0.3 is 0 Å². The van der Waals surface area contributed by atoms with Gasteiger partial charge < -0.3 is 4.90 Å². The SMILES string of the molecule is CCc1ccccc1CN1CC(=O)CC1=O. The van der Waals surface area contributed by atoms with E-state index in [2.05, 4.69) is 13.0 Å². The number of rotatable bonds is 3. The molecule has 1 aromatic rings. The maximum atomic E-state index is 11.5. The van der Waals surface area contributed by atoms with Crippen LogP contribution in [0.2, 0.25) is 0 Å². The molecule has 0 N–H and O–H groups in total. The number of Topliss-reactive ketones (excluding diaryl/α,β-unsaturated/α-hetero) is 1. The molecule has 0 aromatic heterocycles. The fourth-order valence-corrected chi connectivity index (χ4v) is 2.04. The number of hydrogen-bond acceptors (Lipinski definition) is 2. The van der Waals surface area contributed by atoms with Crippen LogP contribution < -0.4 is 0 Å². The van der Waals surface area contributed by atoms with Gasteiger partial charge in [0, 0.05) is 6.54 Å². The van der Waals surface area contributed by atoms with E-state index in [0.29, 0.717) is 6.54 Å². The third-order valence-electron chi connectivity index (χ3n) is 2.93. The number of amides is 1. The van der Waals surface area contributed by atoms with E-state index in [4.69, 9.17) is 0 Å². The van der Waals surface area contributed by atoms with Crippen LogP contribution in [0, 0.1) is 0 Å². The minimum atomic E-state index is -0.0455. The molecule has 0 spiro atoms. The van der Waals surface area contributed by atoms with Crippen LogP contribution in [-0.2, 0) is 22.6 Å². The van der Waals surface area contributed by atoms with Crippen LogP contribution in [0.25, 0.3) is 0 Å². The summed E-state index contributed by atoms with van der Waals surface area (Å²) in [6.07, 6.45) is 1.03. The quantitative estimate of drug-likeness (QED) is 0.720. The lowest BCUT2D eigenvalue weighted by atomic mass is 10.1. The second-order valence-corrected chi connectivity index (χ2v) is 4.09. The standard InChI is InChI=1S/C13H15NO2/c1-2-10-5-3-4-6-11(10)8-14-9-12(15)7-13(14)16/h3-6H,2,7-9H2,1H3. The highest BCUT2D eigenvalue weighted by molar-refractivity contribution is 6.05. The van der Waals surface area contributed by atoms with Crippen LogP contribution >= 0.6 is 0 Å². The van der Waals surface area contributed by atoms with Crippen molar-refractivity contribution >= 4 is 11.7 Å². The van der Waals surface area contributed by atoms with Crippen LogP contribution in [0.1, 0.15) is 24.5 Å². The molecule has 3 nitrogen and oxygen atoms in total. The summed E-state index contributed by atoms with van der Waals surface area (Å²) in [5.41, 5.74) is 2.39. The van der Waals surface area contributed by atoms with Gasteiger partial charge in [-0.05, 0) is 17.5 Å². The first kappa shape index (κ1) is 10.9. The van der Waals surface area contributed by atoms with Crippen LogP contribution in [0.4, 0.5) is 0 Å². The first-order valence-electron chi connectivity index (χ1n) is 5.57. The van der Waals surface area contributed by atoms with E-state index in [0.717, 1.165) is 12.0 Å². The van der Waals surface area contributed by atoms with E-state index in [1.54, 1.807) is 4.90 Å². The van der Waals surface area contributed by atoms with Crippen molar-refractivity contribution in [1.82, 2.24) is 4.90 Å². The van der Waals surface area contributed by atoms with E-state index in [1.165, 1.54) is 5.56 Å². The molecule has 3 heteroatoms. The summed E-state index contributed by atoms with van der Waals surface area (Å²) < 4.78 is 0. The third-order valence-corrected chi connectivity index (χ3v) is 2.93. The minimum Gasteiger partial charge on any atom is -0.331 e. The molecule has 1 saturated heterocycles. The van der Waals surface area contributed by atoms with Crippen molar-refractivity contribution in [2.45, 2.75) is 26.3 Å². The predicted molar refractivity (Wildman–Crippen MR) is 60.9 cm³/mol. The van der Waals surface area contributed by atoms with E-state index >= 15 is 0 Å². The number of hydrogen-bond donors (Lipinski definition) is 0. The Kier molecular flexibility index (Phi) is 3.04. The molecule has 1 amide bonds. The molecule has 1 heterocycles. The lowest BCUT2D eigenvalue weighted by Gasteiger charge is -2.16. The Balaban J connectivity index is 2.14. The zero-order chi connectivity index (χ0) is 11.5. The van der Waals surface area contributed by atoms with Crippen molar-refractivity contribution in [1.29, 1.82) is 0 Å². The summed E-state index contributed by atoms with van der Waals surface area (Å²) >= 11 is 0. The van der Waals surface area contributed by atoms with Gasteiger partial charge in [0.25, 0.3) is 0 Å². The van der Waals surface area contributed by atoms with Crippen molar-refractivity contribution in [3.8, 4) is 0 Å². The Bertz CT molecular complexity index is 426. The molecule has 1 aliphatic rings. The van der Waals surface area contributed by atoms with E-state index in [1.807, 2.05) is 18.2 Å². The van der Waals surface area contributed by atoms with E-state index in [9.17, 15) is 9.59 Å². The van der Waals surface area contributed by atoms with Crippen molar-refractivity contribution in [2.24, 2.45) is 0 Å². The number of likely N-dealkylation sites (tertiary alicyclic amines) is 1. The number of carbonyl (C=O) groups is 2. The summed E-state index contributed by atoms with van der Waals surface area (Å²) in [6, 6.07) is 8.06. The van der Waals surface area contributed by atoms with E-state index in [-0.39, 0.29) is 24.7 Å². The molecule has 1 fully saturated rings. The molecule has 0 aliphatic carbocycles. The van der Waals surface area contributed by atoms with Crippen LogP contribution in [-0.4, -0.2) is 23.1 Å². The Hall–Kier alpha value is -1.64. The summed E-state index contributed by atoms with van der Waals surface area (Å²) in [5, 5.41) is 0. The summed E-state index contributed by atoms with van der Waals surface area (Å²) in [5.74, 6) is -0.0186. The monoisotopic (exact) mass is 217 g/mol. The smallest absolute Gasteiger partial charge is 0.230 e. The van der Waals surface area contributed by atoms with Gasteiger partial charge in [0.2, 0.25) is 5.91 Å². The average Bonchev–Trinajstić information content (AvgIpc) is 2.58. The molecule has 1 aromatic carbocycles. The first-order valence-corrected chi connectivity index (χ1v) is 5.57. The van der Waals surface area contributed by atoms with Gasteiger partial charge in [0.05, 0.1) is 13.0 Å². The van der Waals surface area contributed by atoms with E-state index < -0.39 is 0 Å². The summed E-state index contributed by atoms with van der Waals surface area (Å²) in [6.45, 7) is 2.93. The normalized spacial score (nSPS) is 15.9. The van der Waals surface area contributed by atoms with Gasteiger partial charge in [-0.3, -0.25) is 9.59 Å². The number of aryl methyl sites for hydroxylation is 1. The zero-order valence-corrected chi connectivity index (χ0v) is 9.40. The molecular weight excluding hydrogens is 202 g/mol. The second-order valence-electron chi connectivity index (χ2n) is 4.09. The summed E-state index contributed by atoms with van der Waals surface area (Å²) in [4.78, 5) is 24.3.